The molecule has 1 aromatic heterocycles. The molecule has 24 heavy (non-hydrogen) atoms. The highest BCUT2D eigenvalue weighted by Crippen LogP contribution is 2.37. The maximum absolute atomic E-state index is 12.5. The molecule has 1 amide bonds. The summed E-state index contributed by atoms with van der Waals surface area (Å²) in [5.41, 5.74) is 1.59. The Hall–Kier alpha value is -2.94. The number of ether oxygens (including phenoxy) is 2. The number of nitrogens with zero attached hydrogens (tertiary/aromatic N) is 5. The van der Waals surface area contributed by atoms with Crippen molar-refractivity contribution in [1.29, 1.82) is 0 Å². The van der Waals surface area contributed by atoms with Crippen LogP contribution in [0.1, 0.15) is 12.5 Å². The van der Waals surface area contributed by atoms with Crippen molar-refractivity contribution in [3.05, 3.63) is 28.3 Å². The van der Waals surface area contributed by atoms with E-state index < -0.39 is 0 Å². The van der Waals surface area contributed by atoms with Gasteiger partial charge in [0, 0.05) is 0 Å². The standard InChI is InChI=1S/C14H13ClN6O3/c1-7-9(13(22)21(18-7)14-16-19-20-17-14)4-8-5-10(15)12(24-3)11(6-8)23-2/h4-6H,1-3H3,(H,16,17,19,20)/b9-4+. The molecule has 124 valence electrons. The molecule has 0 aliphatic carbocycles. The minimum absolute atomic E-state index is 0.0769. The number of carbonyl (C=O) groups is 1. The lowest BCUT2D eigenvalue weighted by molar-refractivity contribution is -0.114. The Morgan fingerprint density at radius 3 is 2.71 bits per heavy atom. The fourth-order valence-corrected chi connectivity index (χ4v) is 2.55. The molecule has 10 heteroatoms. The molecule has 0 saturated carbocycles. The van der Waals surface area contributed by atoms with Crippen LogP contribution in [0.15, 0.2) is 22.8 Å². The van der Waals surface area contributed by atoms with Crippen LogP contribution in [0.4, 0.5) is 5.95 Å². The average Bonchev–Trinajstić information content (AvgIpc) is 3.18. The second-order valence-electron chi connectivity index (χ2n) is 4.81. The molecule has 0 radical (unpaired) electrons. The largest absolute Gasteiger partial charge is 0.493 e. The number of halogens is 1. The van der Waals surface area contributed by atoms with E-state index in [0.29, 0.717) is 33.4 Å². The molecule has 0 saturated heterocycles. The van der Waals surface area contributed by atoms with E-state index in [2.05, 4.69) is 25.7 Å². The third-order valence-electron chi connectivity index (χ3n) is 3.35. The second-order valence-corrected chi connectivity index (χ2v) is 5.22. The van der Waals surface area contributed by atoms with Gasteiger partial charge in [0.15, 0.2) is 11.5 Å². The topological polar surface area (TPSA) is 106 Å². The minimum Gasteiger partial charge on any atom is -0.493 e. The fourth-order valence-electron chi connectivity index (χ4n) is 2.25. The molecule has 3 rings (SSSR count). The number of hydrogen-bond donors (Lipinski definition) is 1. The van der Waals surface area contributed by atoms with Gasteiger partial charge in [-0.05, 0) is 35.9 Å². The van der Waals surface area contributed by atoms with Crippen molar-refractivity contribution in [3.8, 4) is 11.5 Å². The zero-order valence-corrected chi connectivity index (χ0v) is 13.8. The zero-order chi connectivity index (χ0) is 17.3. The van der Waals surface area contributed by atoms with E-state index in [4.69, 9.17) is 21.1 Å². The minimum atomic E-state index is -0.361. The number of nitrogens with one attached hydrogen (secondary N) is 1. The Morgan fingerprint density at radius 2 is 2.08 bits per heavy atom. The summed E-state index contributed by atoms with van der Waals surface area (Å²) in [4.78, 5) is 12.5. The van der Waals surface area contributed by atoms with E-state index in [9.17, 15) is 4.79 Å². The van der Waals surface area contributed by atoms with Gasteiger partial charge in [-0.3, -0.25) is 4.79 Å². The summed E-state index contributed by atoms with van der Waals surface area (Å²) >= 11 is 6.19. The van der Waals surface area contributed by atoms with Crippen molar-refractivity contribution in [2.24, 2.45) is 5.10 Å². The number of H-pyrrole nitrogens is 1. The first-order chi connectivity index (χ1) is 11.5. The van der Waals surface area contributed by atoms with Gasteiger partial charge in [-0.15, -0.1) is 5.10 Å². The number of anilines is 1. The first-order valence-electron chi connectivity index (χ1n) is 6.82. The van der Waals surface area contributed by atoms with Crippen LogP contribution in [-0.4, -0.2) is 46.5 Å². The lowest BCUT2D eigenvalue weighted by Gasteiger charge is -2.10. The molecular formula is C14H13ClN6O3. The Morgan fingerprint density at radius 1 is 1.29 bits per heavy atom. The number of benzene rings is 1. The molecule has 0 fully saturated rings. The molecule has 2 heterocycles. The maximum atomic E-state index is 12.5. The summed E-state index contributed by atoms with van der Waals surface area (Å²) in [6.45, 7) is 1.71. The van der Waals surface area contributed by atoms with Crippen molar-refractivity contribution in [2.75, 3.05) is 19.2 Å². The molecule has 1 aromatic carbocycles. The number of rotatable bonds is 4. The van der Waals surface area contributed by atoms with E-state index in [0.717, 1.165) is 5.01 Å². The second kappa shape index (κ2) is 6.28. The fraction of sp³-hybridized carbons (Fsp3) is 0.214. The van der Waals surface area contributed by atoms with Gasteiger partial charge in [0.25, 0.3) is 11.9 Å². The van der Waals surface area contributed by atoms with E-state index in [1.807, 2.05) is 0 Å². The van der Waals surface area contributed by atoms with Gasteiger partial charge in [-0.25, -0.2) is 0 Å². The highest BCUT2D eigenvalue weighted by molar-refractivity contribution is 6.33. The molecule has 1 N–H and O–H groups in total. The van der Waals surface area contributed by atoms with Crippen molar-refractivity contribution < 1.29 is 14.3 Å². The highest BCUT2D eigenvalue weighted by atomic mass is 35.5. The first-order valence-corrected chi connectivity index (χ1v) is 7.19. The van der Waals surface area contributed by atoms with Gasteiger partial charge in [-0.2, -0.15) is 15.3 Å². The zero-order valence-electron chi connectivity index (χ0n) is 13.1. The molecule has 1 aliphatic rings. The molecule has 0 atom stereocenters. The number of hydrazone groups is 1. The quantitative estimate of drug-likeness (QED) is 0.842. The normalized spacial score (nSPS) is 15.8. The Kier molecular flexibility index (Phi) is 4.17. The van der Waals surface area contributed by atoms with Crippen LogP contribution >= 0.6 is 11.6 Å². The van der Waals surface area contributed by atoms with Gasteiger partial charge < -0.3 is 9.47 Å². The number of aromatic nitrogens is 4. The van der Waals surface area contributed by atoms with Crippen LogP contribution in [0, 0.1) is 0 Å². The predicted octanol–water partition coefficient (Wildman–Crippen LogP) is 1.68. The molecule has 2 aromatic rings. The molecule has 0 unspecified atom stereocenters. The van der Waals surface area contributed by atoms with Crippen molar-refractivity contribution in [3.63, 3.8) is 0 Å². The van der Waals surface area contributed by atoms with Crippen molar-refractivity contribution >= 4 is 35.2 Å². The van der Waals surface area contributed by atoms with E-state index in [1.54, 1.807) is 25.1 Å². The maximum Gasteiger partial charge on any atom is 0.293 e. The Labute approximate surface area is 141 Å². The summed E-state index contributed by atoms with van der Waals surface area (Å²) in [5, 5.41) is 18.8. The molecule has 0 spiro atoms. The van der Waals surface area contributed by atoms with Crippen LogP contribution in [0.2, 0.25) is 5.02 Å². The summed E-state index contributed by atoms with van der Waals surface area (Å²) in [6, 6.07) is 3.39. The SMILES string of the molecule is COc1cc(/C=C2/C(=O)N(c3nn[nH]n3)N=C2C)cc(Cl)c1OC. The summed E-state index contributed by atoms with van der Waals surface area (Å²) in [5.74, 6) is 0.609. The van der Waals surface area contributed by atoms with E-state index in [-0.39, 0.29) is 11.9 Å². The van der Waals surface area contributed by atoms with Crippen LogP contribution in [0.25, 0.3) is 6.08 Å². The number of aromatic amines is 1. The number of amides is 1. The number of tetrazole rings is 1. The average molecular weight is 349 g/mol. The number of carbonyl (C=O) groups excluding carboxylic acids is 1. The molecule has 0 bridgehead atoms. The van der Waals surface area contributed by atoms with Crippen LogP contribution in [0.3, 0.4) is 0 Å². The Balaban J connectivity index is 1.99. The van der Waals surface area contributed by atoms with Crippen molar-refractivity contribution in [1.82, 2.24) is 20.6 Å². The van der Waals surface area contributed by atoms with Crippen LogP contribution in [0.5, 0.6) is 11.5 Å². The third kappa shape index (κ3) is 2.69. The van der Waals surface area contributed by atoms with Gasteiger partial charge >= 0.3 is 0 Å². The molecular weight excluding hydrogens is 336 g/mol. The summed E-state index contributed by atoms with van der Waals surface area (Å²) in [6.07, 6.45) is 1.66. The third-order valence-corrected chi connectivity index (χ3v) is 3.63. The van der Waals surface area contributed by atoms with Crippen LogP contribution in [-0.2, 0) is 4.79 Å². The highest BCUT2D eigenvalue weighted by Gasteiger charge is 2.31. The summed E-state index contributed by atoms with van der Waals surface area (Å²) in [7, 11) is 3.01. The molecule has 1 aliphatic heterocycles. The van der Waals surface area contributed by atoms with Gasteiger partial charge in [0.2, 0.25) is 0 Å². The number of methoxy groups -OCH3 is 2. The summed E-state index contributed by atoms with van der Waals surface area (Å²) < 4.78 is 10.5. The lowest BCUT2D eigenvalue weighted by atomic mass is 10.1. The van der Waals surface area contributed by atoms with Gasteiger partial charge in [0.1, 0.15) is 0 Å². The monoisotopic (exact) mass is 348 g/mol. The number of hydrogen-bond acceptors (Lipinski definition) is 7. The Bertz CT molecular complexity index is 846. The van der Waals surface area contributed by atoms with Crippen LogP contribution < -0.4 is 14.5 Å². The van der Waals surface area contributed by atoms with Gasteiger partial charge in [-0.1, -0.05) is 16.7 Å². The first kappa shape index (κ1) is 15.9. The lowest BCUT2D eigenvalue weighted by Crippen LogP contribution is -2.22. The van der Waals surface area contributed by atoms with E-state index >= 15 is 0 Å². The predicted molar refractivity (Wildman–Crippen MR) is 87.3 cm³/mol. The van der Waals surface area contributed by atoms with E-state index in [1.165, 1.54) is 14.2 Å². The smallest absolute Gasteiger partial charge is 0.293 e. The molecule has 9 nitrogen and oxygen atoms in total. The van der Waals surface area contributed by atoms with Crippen molar-refractivity contribution in [2.45, 2.75) is 6.92 Å². The van der Waals surface area contributed by atoms with Gasteiger partial charge in [0.05, 0.1) is 30.5 Å².